The highest BCUT2D eigenvalue weighted by Crippen LogP contribution is 2.44. The number of carbonyl (C=O) groups is 1. The van der Waals surface area contributed by atoms with Gasteiger partial charge in [-0.2, -0.15) is 0 Å². The van der Waals surface area contributed by atoms with Crippen LogP contribution >= 0.6 is 0 Å². The second-order valence-electron chi connectivity index (χ2n) is 8.26. The Bertz CT molecular complexity index is 1020. The number of likely N-dealkylation sites (tertiary alicyclic amines) is 1. The third-order valence-electron chi connectivity index (χ3n) is 6.67. The van der Waals surface area contributed by atoms with Crippen LogP contribution in [0.25, 0.3) is 0 Å². The molecule has 1 spiro atoms. The number of H-pyrrole nitrogens is 1. The molecule has 2 fully saturated rings. The second kappa shape index (κ2) is 7.39. The predicted octanol–water partition coefficient (Wildman–Crippen LogP) is 0.827. The van der Waals surface area contributed by atoms with Crippen LogP contribution in [0.2, 0.25) is 0 Å². The number of morpholine rings is 1. The molecule has 0 atom stereocenters. The second-order valence-corrected chi connectivity index (χ2v) is 8.26. The first-order valence-corrected chi connectivity index (χ1v) is 10.5. The zero-order chi connectivity index (χ0) is 20.7. The van der Waals surface area contributed by atoms with Crippen molar-refractivity contribution in [2.75, 3.05) is 44.3 Å². The van der Waals surface area contributed by atoms with Crippen LogP contribution in [0.1, 0.15) is 41.0 Å². The van der Waals surface area contributed by atoms with Crippen LogP contribution < -0.4 is 10.5 Å². The Hall–Kier alpha value is -2.94. The fourth-order valence-corrected chi connectivity index (χ4v) is 4.90. The highest BCUT2D eigenvalue weighted by atomic mass is 16.5. The lowest BCUT2D eigenvalue weighted by molar-refractivity contribution is 0.0654. The number of hydrogen-bond acceptors (Lipinski definition) is 7. The Morgan fingerprint density at radius 3 is 2.67 bits per heavy atom. The van der Waals surface area contributed by atoms with Gasteiger partial charge in [0.05, 0.1) is 18.9 Å². The normalized spacial score (nSPS) is 20.4. The highest BCUT2D eigenvalue weighted by Gasteiger charge is 2.45. The summed E-state index contributed by atoms with van der Waals surface area (Å²) in [5.74, 6) is 0.270. The molecule has 4 heterocycles. The van der Waals surface area contributed by atoms with E-state index < -0.39 is 0 Å². The number of amides is 1. The molecule has 5 rings (SSSR count). The van der Waals surface area contributed by atoms with Crippen molar-refractivity contribution in [2.24, 2.45) is 0 Å². The van der Waals surface area contributed by atoms with E-state index in [4.69, 9.17) is 9.72 Å². The minimum atomic E-state index is -0.256. The van der Waals surface area contributed by atoms with Crippen LogP contribution in [-0.4, -0.2) is 70.3 Å². The molecule has 0 radical (unpaired) electrons. The maximum Gasteiger partial charge on any atom is 0.276 e. The van der Waals surface area contributed by atoms with Crippen LogP contribution in [0.3, 0.4) is 0 Å². The largest absolute Gasteiger partial charge is 0.505 e. The number of piperidine rings is 1. The van der Waals surface area contributed by atoms with Gasteiger partial charge in [0.15, 0.2) is 5.69 Å². The maximum absolute atomic E-state index is 12.8. The molecule has 3 aliphatic rings. The number of pyridine rings is 1. The lowest BCUT2D eigenvalue weighted by Gasteiger charge is -2.39. The Labute approximate surface area is 173 Å². The average Bonchev–Trinajstić information content (AvgIpc) is 3.13. The van der Waals surface area contributed by atoms with E-state index >= 15 is 0 Å². The third kappa shape index (κ3) is 3.13. The van der Waals surface area contributed by atoms with Crippen LogP contribution in [0.15, 0.2) is 23.1 Å². The summed E-state index contributed by atoms with van der Waals surface area (Å²) in [4.78, 5) is 41.3. The lowest BCUT2D eigenvalue weighted by Crippen LogP contribution is -2.45. The lowest BCUT2D eigenvalue weighted by atomic mass is 9.76. The van der Waals surface area contributed by atoms with Crippen molar-refractivity contribution in [2.45, 2.75) is 31.1 Å². The fourth-order valence-electron chi connectivity index (χ4n) is 4.90. The van der Waals surface area contributed by atoms with Gasteiger partial charge >= 0.3 is 0 Å². The van der Waals surface area contributed by atoms with E-state index in [2.05, 4.69) is 14.9 Å². The number of aromatic nitrogens is 3. The summed E-state index contributed by atoms with van der Waals surface area (Å²) in [6, 6.07) is 3.07. The minimum Gasteiger partial charge on any atom is -0.505 e. The van der Waals surface area contributed by atoms with Crippen molar-refractivity contribution in [3.8, 4) is 5.75 Å². The van der Waals surface area contributed by atoms with E-state index in [-0.39, 0.29) is 28.3 Å². The first-order valence-electron chi connectivity index (χ1n) is 10.5. The molecular weight excluding hydrogens is 386 g/mol. The molecule has 2 aliphatic heterocycles. The van der Waals surface area contributed by atoms with Gasteiger partial charge in [0.25, 0.3) is 11.5 Å². The fraction of sp³-hybridized carbons (Fsp3) is 0.524. The van der Waals surface area contributed by atoms with Gasteiger partial charge in [0.2, 0.25) is 5.95 Å². The Morgan fingerprint density at radius 1 is 1.17 bits per heavy atom. The summed E-state index contributed by atoms with van der Waals surface area (Å²) < 4.78 is 5.41. The molecular formula is C21H25N5O4. The highest BCUT2D eigenvalue weighted by molar-refractivity contribution is 5.94. The van der Waals surface area contributed by atoms with Gasteiger partial charge in [-0.1, -0.05) is 0 Å². The average molecular weight is 411 g/mol. The van der Waals surface area contributed by atoms with E-state index in [1.54, 1.807) is 11.0 Å². The van der Waals surface area contributed by atoms with Gasteiger partial charge in [0, 0.05) is 43.4 Å². The van der Waals surface area contributed by atoms with Gasteiger partial charge in [0.1, 0.15) is 5.75 Å². The van der Waals surface area contributed by atoms with E-state index in [1.807, 2.05) is 0 Å². The predicted molar refractivity (Wildman–Crippen MR) is 109 cm³/mol. The van der Waals surface area contributed by atoms with Crippen molar-refractivity contribution in [1.29, 1.82) is 0 Å². The SMILES string of the molecule is O=C(c1ncccc1O)N1CCC2(CCc3c2nc(N2CCOCC2)[nH]c3=O)CC1. The van der Waals surface area contributed by atoms with Crippen molar-refractivity contribution in [3.05, 3.63) is 45.6 Å². The van der Waals surface area contributed by atoms with Gasteiger partial charge in [-0.05, 0) is 37.8 Å². The van der Waals surface area contributed by atoms with Crippen LogP contribution in [0, 0.1) is 0 Å². The molecule has 30 heavy (non-hydrogen) atoms. The Balaban J connectivity index is 1.38. The Kier molecular flexibility index (Phi) is 4.69. The number of aromatic amines is 1. The molecule has 2 aromatic heterocycles. The van der Waals surface area contributed by atoms with E-state index in [0.717, 1.165) is 36.9 Å². The first kappa shape index (κ1) is 19.0. The number of fused-ring (bicyclic) bond motifs is 2. The number of rotatable bonds is 2. The summed E-state index contributed by atoms with van der Waals surface area (Å²) in [7, 11) is 0. The van der Waals surface area contributed by atoms with Crippen LogP contribution in [-0.2, 0) is 16.6 Å². The molecule has 9 nitrogen and oxygen atoms in total. The number of carbonyl (C=O) groups excluding carboxylic acids is 1. The van der Waals surface area contributed by atoms with E-state index in [1.165, 1.54) is 12.3 Å². The quantitative estimate of drug-likeness (QED) is 0.753. The summed E-state index contributed by atoms with van der Waals surface area (Å²) in [6.45, 7) is 3.78. The maximum atomic E-state index is 12.8. The molecule has 0 aromatic carbocycles. The molecule has 2 N–H and O–H groups in total. The third-order valence-corrected chi connectivity index (χ3v) is 6.67. The molecule has 0 saturated carbocycles. The number of nitrogens with one attached hydrogen (secondary N) is 1. The molecule has 0 unspecified atom stereocenters. The van der Waals surface area contributed by atoms with Crippen LogP contribution in [0.5, 0.6) is 5.75 Å². The first-order chi connectivity index (χ1) is 14.6. The molecule has 158 valence electrons. The molecule has 1 amide bonds. The summed E-state index contributed by atoms with van der Waals surface area (Å²) in [6.07, 6.45) is 4.60. The van der Waals surface area contributed by atoms with Gasteiger partial charge in [-0.3, -0.25) is 14.6 Å². The van der Waals surface area contributed by atoms with Crippen molar-refractivity contribution >= 4 is 11.9 Å². The number of hydrogen-bond donors (Lipinski definition) is 2. The number of aromatic hydroxyl groups is 1. The van der Waals surface area contributed by atoms with Crippen LogP contribution in [0.4, 0.5) is 5.95 Å². The van der Waals surface area contributed by atoms with E-state index in [0.29, 0.717) is 45.3 Å². The van der Waals surface area contributed by atoms with Gasteiger partial charge in [-0.25, -0.2) is 9.97 Å². The smallest absolute Gasteiger partial charge is 0.276 e. The summed E-state index contributed by atoms with van der Waals surface area (Å²) >= 11 is 0. The molecule has 9 heteroatoms. The van der Waals surface area contributed by atoms with Gasteiger partial charge in [-0.15, -0.1) is 0 Å². The topological polar surface area (TPSA) is 112 Å². The van der Waals surface area contributed by atoms with Crippen molar-refractivity contribution in [1.82, 2.24) is 19.9 Å². The van der Waals surface area contributed by atoms with Gasteiger partial charge < -0.3 is 19.6 Å². The molecule has 2 saturated heterocycles. The number of anilines is 1. The molecule has 1 aliphatic carbocycles. The zero-order valence-electron chi connectivity index (χ0n) is 16.8. The summed E-state index contributed by atoms with van der Waals surface area (Å²) in [5.41, 5.74) is 1.56. The van der Waals surface area contributed by atoms with E-state index in [9.17, 15) is 14.7 Å². The summed E-state index contributed by atoms with van der Waals surface area (Å²) in [5, 5.41) is 9.96. The van der Waals surface area contributed by atoms with Crippen molar-refractivity contribution in [3.63, 3.8) is 0 Å². The number of ether oxygens (including phenoxy) is 1. The minimum absolute atomic E-state index is 0.0460. The zero-order valence-corrected chi connectivity index (χ0v) is 16.8. The monoisotopic (exact) mass is 411 g/mol. The standard InChI is InChI=1S/C21H25N5O4/c27-15-2-1-7-22-16(15)19(29)25-8-5-21(6-9-25)4-3-14-17(21)23-20(24-18(14)28)26-10-12-30-13-11-26/h1-2,7,27H,3-6,8-13H2,(H,23,24,28). The number of nitrogens with zero attached hydrogens (tertiary/aromatic N) is 4. The Morgan fingerprint density at radius 2 is 1.93 bits per heavy atom. The molecule has 2 aromatic rings. The molecule has 0 bridgehead atoms. The van der Waals surface area contributed by atoms with Crippen molar-refractivity contribution < 1.29 is 14.6 Å².